The minimum atomic E-state index is -4.04. The fourth-order valence-electron chi connectivity index (χ4n) is 2.35. The summed E-state index contributed by atoms with van der Waals surface area (Å²) in [5.41, 5.74) is 0.356. The molecule has 1 aromatic carbocycles. The molecule has 26 heavy (non-hydrogen) atoms. The van der Waals surface area contributed by atoms with Crippen molar-refractivity contribution >= 4 is 50.5 Å². The van der Waals surface area contributed by atoms with Crippen LogP contribution in [0.1, 0.15) is 11.8 Å². The molecule has 0 spiro atoms. The van der Waals surface area contributed by atoms with Crippen molar-refractivity contribution in [2.75, 3.05) is 11.9 Å². The van der Waals surface area contributed by atoms with Gasteiger partial charge in [0.2, 0.25) is 0 Å². The summed E-state index contributed by atoms with van der Waals surface area (Å²) in [6.07, 6.45) is 1.41. The zero-order chi connectivity index (χ0) is 18.9. The number of likely N-dealkylation sites (N-methyl/N-ethyl adjacent to an activating group) is 1. The SMILES string of the molecule is CCN1C(C(=O)Nc2ccc(F)c(Cl)c2)=CC(c2cccs2)=NS1(=O)=O. The number of anilines is 1. The quantitative estimate of drug-likeness (QED) is 0.833. The number of carbonyl (C=O) groups is 1. The molecule has 1 amide bonds. The molecule has 2 aromatic rings. The second kappa shape index (κ2) is 7.18. The Morgan fingerprint density at radius 1 is 1.38 bits per heavy atom. The average Bonchev–Trinajstić information content (AvgIpc) is 3.11. The summed E-state index contributed by atoms with van der Waals surface area (Å²) in [5, 5.41) is 4.16. The van der Waals surface area contributed by atoms with E-state index in [9.17, 15) is 17.6 Å². The van der Waals surface area contributed by atoms with Crippen molar-refractivity contribution in [2.24, 2.45) is 4.40 Å². The molecule has 136 valence electrons. The Morgan fingerprint density at radius 3 is 2.77 bits per heavy atom. The monoisotopic (exact) mass is 413 g/mol. The van der Waals surface area contributed by atoms with Crippen LogP contribution in [0.4, 0.5) is 10.1 Å². The first kappa shape index (κ1) is 18.6. The maximum absolute atomic E-state index is 13.3. The first-order chi connectivity index (χ1) is 12.3. The number of thiophene rings is 1. The molecule has 10 heteroatoms. The second-order valence-corrected chi connectivity index (χ2v) is 8.08. The number of nitrogens with one attached hydrogen (secondary N) is 1. The molecular formula is C16H13ClFN3O3S2. The summed E-state index contributed by atoms with van der Waals surface area (Å²) in [4.78, 5) is 13.3. The molecule has 0 fully saturated rings. The lowest BCUT2D eigenvalue weighted by Crippen LogP contribution is -2.38. The van der Waals surface area contributed by atoms with Crippen LogP contribution in [0.3, 0.4) is 0 Å². The number of amides is 1. The van der Waals surface area contributed by atoms with E-state index in [1.54, 1.807) is 24.4 Å². The van der Waals surface area contributed by atoms with Gasteiger partial charge in [-0.25, -0.2) is 8.70 Å². The van der Waals surface area contributed by atoms with Gasteiger partial charge in [-0.05, 0) is 42.6 Å². The van der Waals surface area contributed by atoms with Crippen molar-refractivity contribution in [1.82, 2.24) is 4.31 Å². The zero-order valence-corrected chi connectivity index (χ0v) is 15.8. The van der Waals surface area contributed by atoms with Gasteiger partial charge >= 0.3 is 10.2 Å². The van der Waals surface area contributed by atoms with Crippen molar-refractivity contribution in [3.63, 3.8) is 0 Å². The summed E-state index contributed by atoms with van der Waals surface area (Å²) >= 11 is 7.02. The summed E-state index contributed by atoms with van der Waals surface area (Å²) in [6, 6.07) is 7.17. The summed E-state index contributed by atoms with van der Waals surface area (Å²) in [7, 11) is -4.04. The molecule has 0 aliphatic carbocycles. The number of carbonyl (C=O) groups excluding carboxylic acids is 1. The summed E-state index contributed by atoms with van der Waals surface area (Å²) in [5.74, 6) is -1.28. The van der Waals surface area contributed by atoms with Gasteiger partial charge in [-0.3, -0.25) is 4.79 Å². The Morgan fingerprint density at radius 2 is 2.15 bits per heavy atom. The number of rotatable bonds is 4. The number of hydrogen-bond acceptors (Lipinski definition) is 4. The largest absolute Gasteiger partial charge is 0.345 e. The van der Waals surface area contributed by atoms with Crippen molar-refractivity contribution in [3.05, 3.63) is 63.2 Å². The van der Waals surface area contributed by atoms with Crippen molar-refractivity contribution in [2.45, 2.75) is 6.92 Å². The smallest absolute Gasteiger partial charge is 0.321 e. The third kappa shape index (κ3) is 3.64. The molecule has 0 bridgehead atoms. The highest BCUT2D eigenvalue weighted by atomic mass is 35.5. The normalized spacial score (nSPS) is 16.0. The molecule has 1 aromatic heterocycles. The fraction of sp³-hybridized carbons (Fsp3) is 0.125. The molecule has 1 aliphatic rings. The Bertz CT molecular complexity index is 1020. The Labute approximate surface area is 158 Å². The number of allylic oxidation sites excluding steroid dienone is 1. The van der Waals surface area contributed by atoms with Gasteiger partial charge in [0.25, 0.3) is 5.91 Å². The van der Waals surface area contributed by atoms with Crippen LogP contribution >= 0.6 is 22.9 Å². The standard InChI is InChI=1S/C16H13ClFN3O3S2/c1-2-21-14(16(22)19-10-5-6-12(18)11(17)8-10)9-13(20-26(21,23)24)15-4-3-7-25-15/h3-9H,2H2,1H3,(H,19,22). The van der Waals surface area contributed by atoms with Gasteiger partial charge in [-0.1, -0.05) is 17.7 Å². The number of halogens is 2. The first-order valence-electron chi connectivity index (χ1n) is 7.46. The summed E-state index contributed by atoms with van der Waals surface area (Å²) in [6.45, 7) is 1.63. The topological polar surface area (TPSA) is 78.8 Å². The number of nitrogens with zero attached hydrogens (tertiary/aromatic N) is 2. The predicted octanol–water partition coefficient (Wildman–Crippen LogP) is 3.43. The van der Waals surface area contributed by atoms with E-state index in [1.807, 2.05) is 0 Å². The van der Waals surface area contributed by atoms with E-state index in [-0.39, 0.29) is 28.7 Å². The van der Waals surface area contributed by atoms with E-state index >= 15 is 0 Å². The first-order valence-corrected chi connectivity index (χ1v) is 10.1. The van der Waals surface area contributed by atoms with Crippen LogP contribution in [-0.4, -0.2) is 30.9 Å². The molecule has 0 saturated heterocycles. The maximum Gasteiger partial charge on any atom is 0.345 e. The second-order valence-electron chi connectivity index (χ2n) is 5.21. The molecule has 0 atom stereocenters. The minimum absolute atomic E-state index is 0.0347. The molecule has 0 unspecified atom stereocenters. The lowest BCUT2D eigenvalue weighted by Gasteiger charge is -2.26. The Kier molecular flexibility index (Phi) is 5.12. The highest BCUT2D eigenvalue weighted by Gasteiger charge is 2.32. The van der Waals surface area contributed by atoms with Crippen LogP contribution in [0.25, 0.3) is 0 Å². The van der Waals surface area contributed by atoms with E-state index in [2.05, 4.69) is 9.71 Å². The van der Waals surface area contributed by atoms with Crippen LogP contribution < -0.4 is 5.32 Å². The lowest BCUT2D eigenvalue weighted by molar-refractivity contribution is -0.113. The van der Waals surface area contributed by atoms with Crippen LogP contribution in [0.5, 0.6) is 0 Å². The van der Waals surface area contributed by atoms with Crippen molar-refractivity contribution in [3.8, 4) is 0 Å². The van der Waals surface area contributed by atoms with Gasteiger partial charge in [0.15, 0.2) is 0 Å². The highest BCUT2D eigenvalue weighted by Crippen LogP contribution is 2.25. The molecule has 0 radical (unpaired) electrons. The predicted molar refractivity (Wildman–Crippen MR) is 100 cm³/mol. The number of benzene rings is 1. The molecule has 3 rings (SSSR count). The molecule has 1 N–H and O–H groups in total. The minimum Gasteiger partial charge on any atom is -0.321 e. The van der Waals surface area contributed by atoms with Gasteiger partial charge in [-0.2, -0.15) is 8.42 Å². The zero-order valence-electron chi connectivity index (χ0n) is 13.4. The fourth-order valence-corrected chi connectivity index (χ4v) is 4.48. The summed E-state index contributed by atoms with van der Waals surface area (Å²) < 4.78 is 42.8. The van der Waals surface area contributed by atoms with Crippen molar-refractivity contribution < 1.29 is 17.6 Å². The molecular weight excluding hydrogens is 401 g/mol. The van der Waals surface area contributed by atoms with Gasteiger partial charge in [0.1, 0.15) is 11.5 Å². The Balaban J connectivity index is 1.98. The van der Waals surface area contributed by atoms with Gasteiger partial charge < -0.3 is 5.32 Å². The third-order valence-electron chi connectivity index (χ3n) is 3.51. The van der Waals surface area contributed by atoms with E-state index in [4.69, 9.17) is 11.6 Å². The van der Waals surface area contributed by atoms with Crippen LogP contribution in [0.2, 0.25) is 5.02 Å². The van der Waals surface area contributed by atoms with Gasteiger partial charge in [-0.15, -0.1) is 15.7 Å². The van der Waals surface area contributed by atoms with E-state index in [1.165, 1.54) is 29.5 Å². The van der Waals surface area contributed by atoms with Gasteiger partial charge in [0, 0.05) is 12.2 Å². The van der Waals surface area contributed by atoms with Crippen LogP contribution in [-0.2, 0) is 15.0 Å². The number of hydrogen-bond donors (Lipinski definition) is 1. The molecule has 6 nitrogen and oxygen atoms in total. The van der Waals surface area contributed by atoms with Crippen LogP contribution in [0.15, 0.2) is 51.9 Å². The van der Waals surface area contributed by atoms with Gasteiger partial charge in [0.05, 0.1) is 15.6 Å². The van der Waals surface area contributed by atoms with Crippen molar-refractivity contribution in [1.29, 1.82) is 0 Å². The van der Waals surface area contributed by atoms with E-state index < -0.39 is 21.9 Å². The lowest BCUT2D eigenvalue weighted by atomic mass is 10.2. The Hall–Kier alpha value is -2.23. The third-order valence-corrected chi connectivity index (χ3v) is 6.13. The highest BCUT2D eigenvalue weighted by molar-refractivity contribution is 7.88. The molecule has 1 aliphatic heterocycles. The average molecular weight is 414 g/mol. The maximum atomic E-state index is 13.3. The van der Waals surface area contributed by atoms with Crippen LogP contribution in [0, 0.1) is 5.82 Å². The van der Waals surface area contributed by atoms with E-state index in [0.29, 0.717) is 4.88 Å². The van der Waals surface area contributed by atoms with E-state index in [0.717, 1.165) is 10.4 Å². The molecule has 2 heterocycles. The molecule has 0 saturated carbocycles.